The van der Waals surface area contributed by atoms with E-state index in [0.717, 1.165) is 6.42 Å². The fourth-order valence-electron chi connectivity index (χ4n) is 1.26. The third-order valence-electron chi connectivity index (χ3n) is 1.78. The third kappa shape index (κ3) is 2.48. The van der Waals surface area contributed by atoms with Crippen LogP contribution in [0.15, 0.2) is 0 Å². The maximum absolute atomic E-state index is 10.3. The molecule has 4 heteroatoms. The number of carbonyl (C=O) groups is 1. The van der Waals surface area contributed by atoms with Crippen LogP contribution in [0.3, 0.4) is 0 Å². The van der Waals surface area contributed by atoms with Crippen molar-refractivity contribution in [2.45, 2.75) is 24.9 Å². The Labute approximate surface area is 64.8 Å². The lowest BCUT2D eigenvalue weighted by molar-refractivity contribution is -0.149. The molecule has 1 atom stereocenters. The van der Waals surface area contributed by atoms with Crippen LogP contribution in [0.5, 0.6) is 0 Å². The highest BCUT2D eigenvalue weighted by Gasteiger charge is 2.32. The molecule has 11 heavy (non-hydrogen) atoms. The first kappa shape index (κ1) is 8.49. The van der Waals surface area contributed by atoms with Crippen LogP contribution in [-0.4, -0.2) is 35.0 Å². The molecule has 1 aliphatic rings. The SMILES string of the molecule is O=C(O)CC1(O)CCCOC1. The average molecular weight is 160 g/mol. The van der Waals surface area contributed by atoms with Crippen LogP contribution in [-0.2, 0) is 9.53 Å². The molecule has 1 heterocycles. The van der Waals surface area contributed by atoms with Gasteiger partial charge in [-0.15, -0.1) is 0 Å². The summed E-state index contributed by atoms with van der Waals surface area (Å²) in [5.74, 6) is -0.974. The van der Waals surface area contributed by atoms with E-state index in [1.807, 2.05) is 0 Å². The summed E-state index contributed by atoms with van der Waals surface area (Å²) in [6.07, 6.45) is 1.05. The van der Waals surface area contributed by atoms with E-state index in [2.05, 4.69) is 0 Å². The number of hydrogen-bond acceptors (Lipinski definition) is 3. The van der Waals surface area contributed by atoms with Gasteiger partial charge in [0.25, 0.3) is 0 Å². The molecule has 0 spiro atoms. The summed E-state index contributed by atoms with van der Waals surface area (Å²) in [5.41, 5.74) is -1.12. The lowest BCUT2D eigenvalue weighted by Crippen LogP contribution is -2.40. The topological polar surface area (TPSA) is 66.8 Å². The standard InChI is InChI=1S/C7H12O4/c8-6(9)4-7(10)2-1-3-11-5-7/h10H,1-5H2,(H,8,9). The van der Waals surface area contributed by atoms with Gasteiger partial charge in [0.2, 0.25) is 0 Å². The molecule has 0 aromatic carbocycles. The summed E-state index contributed by atoms with van der Waals surface area (Å²) in [6, 6.07) is 0. The van der Waals surface area contributed by atoms with Crippen molar-refractivity contribution in [2.75, 3.05) is 13.2 Å². The van der Waals surface area contributed by atoms with Crippen molar-refractivity contribution in [1.29, 1.82) is 0 Å². The van der Waals surface area contributed by atoms with Gasteiger partial charge in [-0.25, -0.2) is 0 Å². The van der Waals surface area contributed by atoms with Gasteiger partial charge in [0.05, 0.1) is 18.6 Å². The van der Waals surface area contributed by atoms with E-state index in [1.165, 1.54) is 0 Å². The molecular formula is C7H12O4. The van der Waals surface area contributed by atoms with Crippen molar-refractivity contribution in [2.24, 2.45) is 0 Å². The highest BCUT2D eigenvalue weighted by molar-refractivity contribution is 5.68. The van der Waals surface area contributed by atoms with Crippen LogP contribution < -0.4 is 0 Å². The number of carboxylic acids is 1. The van der Waals surface area contributed by atoms with Crippen molar-refractivity contribution in [1.82, 2.24) is 0 Å². The minimum absolute atomic E-state index is 0.152. The van der Waals surface area contributed by atoms with Crippen LogP contribution in [0.2, 0.25) is 0 Å². The summed E-state index contributed by atoms with van der Waals surface area (Å²) < 4.78 is 4.97. The molecule has 0 bridgehead atoms. The molecule has 1 fully saturated rings. The molecule has 1 saturated heterocycles. The Kier molecular flexibility index (Phi) is 2.46. The Morgan fingerprint density at radius 1 is 1.64 bits per heavy atom. The molecule has 0 saturated carbocycles. The number of hydrogen-bond donors (Lipinski definition) is 2. The molecule has 2 N–H and O–H groups in total. The molecule has 0 radical (unpaired) electrons. The van der Waals surface area contributed by atoms with Crippen molar-refractivity contribution in [3.05, 3.63) is 0 Å². The summed E-state index contributed by atoms with van der Waals surface area (Å²) >= 11 is 0. The molecule has 0 aromatic rings. The van der Waals surface area contributed by atoms with Gasteiger partial charge in [0, 0.05) is 6.61 Å². The molecule has 1 rings (SSSR count). The van der Waals surface area contributed by atoms with Crippen molar-refractivity contribution < 1.29 is 19.7 Å². The van der Waals surface area contributed by atoms with Crippen LogP contribution in [0.4, 0.5) is 0 Å². The Morgan fingerprint density at radius 3 is 2.82 bits per heavy atom. The van der Waals surface area contributed by atoms with E-state index in [4.69, 9.17) is 9.84 Å². The summed E-state index contributed by atoms with van der Waals surface area (Å²) in [7, 11) is 0. The summed E-state index contributed by atoms with van der Waals surface area (Å²) in [6.45, 7) is 0.779. The highest BCUT2D eigenvalue weighted by atomic mass is 16.5. The van der Waals surface area contributed by atoms with E-state index in [0.29, 0.717) is 13.0 Å². The van der Waals surface area contributed by atoms with Gasteiger partial charge in [0.15, 0.2) is 0 Å². The Balaban J connectivity index is 2.43. The van der Waals surface area contributed by atoms with Crippen LogP contribution in [0.1, 0.15) is 19.3 Å². The van der Waals surface area contributed by atoms with Crippen molar-refractivity contribution in [3.8, 4) is 0 Å². The normalized spacial score (nSPS) is 31.7. The van der Waals surface area contributed by atoms with Crippen molar-refractivity contribution in [3.63, 3.8) is 0 Å². The van der Waals surface area contributed by atoms with E-state index in [9.17, 15) is 9.90 Å². The van der Waals surface area contributed by atoms with Gasteiger partial charge in [-0.05, 0) is 12.8 Å². The first-order valence-electron chi connectivity index (χ1n) is 3.64. The molecular weight excluding hydrogens is 148 g/mol. The largest absolute Gasteiger partial charge is 0.481 e. The van der Waals surface area contributed by atoms with Gasteiger partial charge in [-0.2, -0.15) is 0 Å². The number of aliphatic carboxylic acids is 1. The minimum Gasteiger partial charge on any atom is -0.481 e. The number of ether oxygens (including phenoxy) is 1. The predicted octanol–water partition coefficient (Wildman–Crippen LogP) is 0.00260. The molecule has 0 aromatic heterocycles. The maximum Gasteiger partial charge on any atom is 0.306 e. The number of carboxylic acid groups (broad SMARTS) is 1. The van der Waals surface area contributed by atoms with Gasteiger partial charge in [-0.1, -0.05) is 0 Å². The quantitative estimate of drug-likeness (QED) is 0.596. The average Bonchev–Trinajstić information content (AvgIpc) is 1.85. The predicted molar refractivity (Wildman–Crippen MR) is 37.3 cm³/mol. The van der Waals surface area contributed by atoms with E-state index in [1.54, 1.807) is 0 Å². The number of aliphatic hydroxyl groups is 1. The Bertz CT molecular complexity index is 149. The fraction of sp³-hybridized carbons (Fsp3) is 0.857. The fourth-order valence-corrected chi connectivity index (χ4v) is 1.26. The lowest BCUT2D eigenvalue weighted by atomic mass is 9.93. The van der Waals surface area contributed by atoms with Gasteiger partial charge in [-0.3, -0.25) is 4.79 Å². The van der Waals surface area contributed by atoms with E-state index in [-0.39, 0.29) is 13.0 Å². The second kappa shape index (κ2) is 3.19. The third-order valence-corrected chi connectivity index (χ3v) is 1.78. The summed E-state index contributed by atoms with van der Waals surface area (Å²) in [5, 5.41) is 18.0. The molecule has 0 aliphatic carbocycles. The second-order valence-electron chi connectivity index (χ2n) is 2.95. The zero-order valence-electron chi connectivity index (χ0n) is 6.25. The first-order valence-corrected chi connectivity index (χ1v) is 3.64. The van der Waals surface area contributed by atoms with E-state index < -0.39 is 11.6 Å². The van der Waals surface area contributed by atoms with Gasteiger partial charge in [0.1, 0.15) is 0 Å². The monoisotopic (exact) mass is 160 g/mol. The lowest BCUT2D eigenvalue weighted by Gasteiger charge is -2.30. The van der Waals surface area contributed by atoms with Gasteiger partial charge >= 0.3 is 5.97 Å². The van der Waals surface area contributed by atoms with Crippen LogP contribution >= 0.6 is 0 Å². The highest BCUT2D eigenvalue weighted by Crippen LogP contribution is 2.22. The first-order chi connectivity index (χ1) is 5.12. The Morgan fingerprint density at radius 2 is 2.36 bits per heavy atom. The van der Waals surface area contributed by atoms with Gasteiger partial charge < -0.3 is 14.9 Å². The second-order valence-corrected chi connectivity index (χ2v) is 2.95. The molecule has 64 valence electrons. The molecule has 1 aliphatic heterocycles. The minimum atomic E-state index is -1.12. The molecule has 4 nitrogen and oxygen atoms in total. The van der Waals surface area contributed by atoms with Crippen LogP contribution in [0.25, 0.3) is 0 Å². The number of rotatable bonds is 2. The van der Waals surface area contributed by atoms with E-state index >= 15 is 0 Å². The zero-order valence-corrected chi connectivity index (χ0v) is 6.25. The smallest absolute Gasteiger partial charge is 0.306 e. The maximum atomic E-state index is 10.3. The molecule has 1 unspecified atom stereocenters. The Hall–Kier alpha value is -0.610. The summed E-state index contributed by atoms with van der Waals surface area (Å²) in [4.78, 5) is 10.3. The molecule has 0 amide bonds. The van der Waals surface area contributed by atoms with Crippen LogP contribution in [0, 0.1) is 0 Å². The zero-order chi connectivity index (χ0) is 8.32. The van der Waals surface area contributed by atoms with Crippen molar-refractivity contribution >= 4 is 5.97 Å².